The quantitative estimate of drug-likeness (QED) is 0.653. The van der Waals surface area contributed by atoms with Gasteiger partial charge in [0.2, 0.25) is 10.0 Å². The predicted molar refractivity (Wildman–Crippen MR) is 66.9 cm³/mol. The van der Waals surface area contributed by atoms with Crippen LogP contribution in [-0.2, 0) is 20.2 Å². The number of hydrogen-bond acceptors (Lipinski definition) is 5. The van der Waals surface area contributed by atoms with Crippen molar-refractivity contribution in [2.24, 2.45) is 10.3 Å². The minimum Gasteiger partial charge on any atom is -0.493 e. The van der Waals surface area contributed by atoms with E-state index in [1.54, 1.807) is 0 Å². The van der Waals surface area contributed by atoms with Crippen LogP contribution in [0.15, 0.2) is 23.1 Å². The maximum Gasteiger partial charge on any atom is 0.274 e. The Bertz CT molecular complexity index is 699. The lowest BCUT2D eigenvalue weighted by atomic mass is 10.0. The van der Waals surface area contributed by atoms with E-state index in [0.717, 1.165) is 0 Å². The van der Waals surface area contributed by atoms with Crippen LogP contribution >= 0.6 is 0 Å². The van der Waals surface area contributed by atoms with E-state index in [4.69, 9.17) is 15.0 Å². The van der Waals surface area contributed by atoms with Gasteiger partial charge in [-0.2, -0.15) is 13.1 Å². The summed E-state index contributed by atoms with van der Waals surface area (Å²) in [5.74, 6) is 0.403. The number of benzene rings is 1. The molecule has 1 aromatic rings. The fourth-order valence-corrected chi connectivity index (χ4v) is 3.06. The van der Waals surface area contributed by atoms with Crippen molar-refractivity contribution in [1.29, 1.82) is 0 Å². The minimum atomic E-state index is -3.90. The van der Waals surface area contributed by atoms with Crippen molar-refractivity contribution >= 4 is 20.2 Å². The lowest BCUT2D eigenvalue weighted by Crippen LogP contribution is -2.36. The number of primary sulfonamides is 1. The molecule has 1 aliphatic rings. The van der Waals surface area contributed by atoms with Crippen molar-refractivity contribution in [3.8, 4) is 5.75 Å². The van der Waals surface area contributed by atoms with E-state index in [1.165, 1.54) is 18.2 Å². The summed E-state index contributed by atoms with van der Waals surface area (Å²) in [5, 5.41) is 9.96. The Morgan fingerprint density at radius 3 is 2.47 bits per heavy atom. The molecule has 1 aromatic carbocycles. The van der Waals surface area contributed by atoms with Crippen LogP contribution in [0, 0.1) is 0 Å². The van der Waals surface area contributed by atoms with E-state index < -0.39 is 26.3 Å². The van der Waals surface area contributed by atoms with Crippen molar-refractivity contribution in [3.05, 3.63) is 23.8 Å². The highest BCUT2D eigenvalue weighted by atomic mass is 32.2. The van der Waals surface area contributed by atoms with E-state index in [0.29, 0.717) is 24.3 Å². The van der Waals surface area contributed by atoms with Crippen LogP contribution in [0.3, 0.4) is 0 Å². The second-order valence-corrected chi connectivity index (χ2v) is 6.98. The summed E-state index contributed by atoms with van der Waals surface area (Å²) < 4.78 is 52.3. The first-order valence-electron chi connectivity index (χ1n) is 5.26. The van der Waals surface area contributed by atoms with E-state index >= 15 is 0 Å². The van der Waals surface area contributed by atoms with Crippen LogP contribution in [0.2, 0.25) is 0 Å². The number of fused-ring (bicyclic) bond motifs is 1. The van der Waals surface area contributed by atoms with Gasteiger partial charge in [0.05, 0.1) is 17.5 Å². The van der Waals surface area contributed by atoms with Gasteiger partial charge in [-0.25, -0.2) is 18.7 Å². The molecule has 0 saturated heterocycles. The highest BCUT2D eigenvalue weighted by molar-refractivity contribution is 7.89. The molecule has 0 fully saturated rings. The lowest BCUT2D eigenvalue weighted by Gasteiger charge is -2.26. The van der Waals surface area contributed by atoms with Crippen molar-refractivity contribution < 1.29 is 21.6 Å². The fraction of sp³-hybridized carbons (Fsp3) is 0.333. The summed E-state index contributed by atoms with van der Waals surface area (Å²) in [5.41, 5.74) is 0.395. The van der Waals surface area contributed by atoms with E-state index in [1.807, 2.05) is 0 Å². The molecule has 106 valence electrons. The van der Waals surface area contributed by atoms with Gasteiger partial charge in [0, 0.05) is 12.0 Å². The Balaban J connectivity index is 2.47. The highest BCUT2D eigenvalue weighted by Crippen LogP contribution is 2.33. The molecule has 0 bridgehead atoms. The third-order valence-corrected chi connectivity index (χ3v) is 4.18. The van der Waals surface area contributed by atoms with Crippen LogP contribution < -0.4 is 19.7 Å². The second-order valence-electron chi connectivity index (χ2n) is 4.10. The molecule has 1 aliphatic heterocycles. The summed E-state index contributed by atoms with van der Waals surface area (Å²) >= 11 is 0. The average Bonchev–Trinajstić information content (AvgIpc) is 2.25. The summed E-state index contributed by atoms with van der Waals surface area (Å²) in [6.45, 7) is 0.301. The van der Waals surface area contributed by atoms with Crippen molar-refractivity contribution in [2.75, 3.05) is 6.61 Å². The maximum absolute atomic E-state index is 11.3. The number of hydrogen-bond donors (Lipinski definition) is 3. The minimum absolute atomic E-state index is 0.113. The molecular formula is C9H13N3O5S2. The standard InChI is InChI=1S/C9H13N3O5S2/c10-18(13,14)6-1-2-9-7(5-6)8(3-4-17-9)12-19(11,15)16/h1-2,5,8,12H,3-4H2,(H2,10,13,14)(H2,11,15,16). The summed E-state index contributed by atoms with van der Waals surface area (Å²) in [4.78, 5) is -0.113. The number of nitrogens with one attached hydrogen (secondary N) is 1. The molecule has 0 saturated carbocycles. The van der Waals surface area contributed by atoms with Crippen molar-refractivity contribution in [2.45, 2.75) is 17.4 Å². The smallest absolute Gasteiger partial charge is 0.274 e. The first-order valence-corrected chi connectivity index (χ1v) is 8.36. The Morgan fingerprint density at radius 2 is 1.89 bits per heavy atom. The van der Waals surface area contributed by atoms with Gasteiger partial charge in [-0.15, -0.1) is 0 Å². The largest absolute Gasteiger partial charge is 0.493 e. The van der Waals surface area contributed by atoms with Gasteiger partial charge >= 0.3 is 0 Å². The van der Waals surface area contributed by atoms with Crippen LogP contribution in [0.25, 0.3) is 0 Å². The van der Waals surface area contributed by atoms with Crippen LogP contribution in [0.1, 0.15) is 18.0 Å². The zero-order chi connectivity index (χ0) is 14.3. The molecule has 19 heavy (non-hydrogen) atoms. The molecular weight excluding hydrogens is 294 g/mol. The number of nitrogens with two attached hydrogens (primary N) is 2. The SMILES string of the molecule is NS(=O)(=O)NC1CCOc2ccc(S(N)(=O)=O)cc21. The Kier molecular flexibility index (Phi) is 3.53. The van der Waals surface area contributed by atoms with Gasteiger partial charge in [0.15, 0.2) is 0 Å². The highest BCUT2D eigenvalue weighted by Gasteiger charge is 2.26. The predicted octanol–water partition coefficient (Wildman–Crippen LogP) is -1.05. The van der Waals surface area contributed by atoms with E-state index in [-0.39, 0.29) is 4.90 Å². The molecule has 1 atom stereocenters. The molecule has 0 spiro atoms. The van der Waals surface area contributed by atoms with Gasteiger partial charge in [-0.1, -0.05) is 0 Å². The average molecular weight is 307 g/mol. The van der Waals surface area contributed by atoms with Crippen LogP contribution in [0.5, 0.6) is 5.75 Å². The third kappa shape index (κ3) is 3.42. The molecule has 2 rings (SSSR count). The molecule has 1 unspecified atom stereocenters. The van der Waals surface area contributed by atoms with Gasteiger partial charge in [-0.3, -0.25) is 0 Å². The van der Waals surface area contributed by atoms with E-state index in [9.17, 15) is 16.8 Å². The summed E-state index contributed by atoms with van der Waals surface area (Å²) in [6.07, 6.45) is 0.345. The normalized spacial score (nSPS) is 19.6. The van der Waals surface area contributed by atoms with Crippen LogP contribution in [-0.4, -0.2) is 23.4 Å². The molecule has 1 heterocycles. The molecule has 5 N–H and O–H groups in total. The van der Waals surface area contributed by atoms with Crippen molar-refractivity contribution in [1.82, 2.24) is 4.72 Å². The zero-order valence-corrected chi connectivity index (χ0v) is 11.4. The monoisotopic (exact) mass is 307 g/mol. The number of rotatable bonds is 3. The Labute approximate surface area is 111 Å². The number of sulfonamides is 1. The van der Waals surface area contributed by atoms with E-state index in [2.05, 4.69) is 4.72 Å². The maximum atomic E-state index is 11.3. The van der Waals surface area contributed by atoms with Crippen LogP contribution in [0.4, 0.5) is 0 Å². The number of ether oxygens (including phenoxy) is 1. The molecule has 0 radical (unpaired) electrons. The molecule has 10 heteroatoms. The van der Waals surface area contributed by atoms with Crippen molar-refractivity contribution in [3.63, 3.8) is 0 Å². The molecule has 0 aliphatic carbocycles. The van der Waals surface area contributed by atoms with Gasteiger partial charge < -0.3 is 4.74 Å². The molecule has 0 amide bonds. The lowest BCUT2D eigenvalue weighted by molar-refractivity contribution is 0.262. The summed E-state index contributed by atoms with van der Waals surface area (Å²) in [6, 6.07) is 3.38. The first-order chi connectivity index (χ1) is 8.67. The third-order valence-electron chi connectivity index (χ3n) is 2.66. The second kappa shape index (κ2) is 4.72. The topological polar surface area (TPSA) is 142 Å². The zero-order valence-electron chi connectivity index (χ0n) is 9.74. The Hall–Kier alpha value is -1.20. The van der Waals surface area contributed by atoms with Gasteiger partial charge in [-0.05, 0) is 18.2 Å². The van der Waals surface area contributed by atoms with Gasteiger partial charge in [0.1, 0.15) is 5.75 Å². The molecule has 0 aromatic heterocycles. The summed E-state index contributed by atoms with van der Waals surface area (Å²) in [7, 11) is -7.77. The Morgan fingerprint density at radius 1 is 1.21 bits per heavy atom. The fourth-order valence-electron chi connectivity index (χ4n) is 1.87. The molecule has 8 nitrogen and oxygen atoms in total. The first kappa shape index (κ1) is 14.2. The van der Waals surface area contributed by atoms with Gasteiger partial charge in [0.25, 0.3) is 10.2 Å².